The Balaban J connectivity index is 1.96. The Bertz CT molecular complexity index is 578. The van der Waals surface area contributed by atoms with Crippen LogP contribution in [-0.2, 0) is 11.8 Å². The first-order valence-electron chi connectivity index (χ1n) is 6.07. The molecular formula is C14H17N3O2. The summed E-state index contributed by atoms with van der Waals surface area (Å²) in [4.78, 5) is 11.9. The maximum atomic E-state index is 11.9. The summed E-state index contributed by atoms with van der Waals surface area (Å²) in [6, 6.07) is 7.61. The minimum atomic E-state index is -0.568. The number of anilines is 1. The van der Waals surface area contributed by atoms with Crippen LogP contribution in [0.3, 0.4) is 0 Å². The summed E-state index contributed by atoms with van der Waals surface area (Å²) in [5.74, 6) is 0.489. The average molecular weight is 259 g/mol. The number of benzene rings is 1. The lowest BCUT2D eigenvalue weighted by Gasteiger charge is -2.14. The molecule has 0 unspecified atom stereocenters. The van der Waals surface area contributed by atoms with Gasteiger partial charge >= 0.3 is 0 Å². The second kappa shape index (κ2) is 5.56. The number of carbonyl (C=O) groups is 1. The van der Waals surface area contributed by atoms with Gasteiger partial charge in [-0.2, -0.15) is 5.10 Å². The van der Waals surface area contributed by atoms with E-state index in [1.807, 2.05) is 31.2 Å². The Morgan fingerprint density at radius 3 is 2.89 bits per heavy atom. The highest BCUT2D eigenvalue weighted by Crippen LogP contribution is 2.15. The van der Waals surface area contributed by atoms with E-state index in [0.717, 1.165) is 5.56 Å². The molecule has 0 radical (unpaired) electrons. The fourth-order valence-corrected chi connectivity index (χ4v) is 1.68. The number of ether oxygens (including phenoxy) is 1. The molecule has 2 rings (SSSR count). The smallest absolute Gasteiger partial charge is 0.265 e. The van der Waals surface area contributed by atoms with Crippen molar-refractivity contribution in [2.45, 2.75) is 20.0 Å². The third-order valence-corrected chi connectivity index (χ3v) is 2.64. The zero-order valence-electron chi connectivity index (χ0n) is 11.3. The molecule has 1 aromatic heterocycles. The third kappa shape index (κ3) is 3.58. The first-order chi connectivity index (χ1) is 9.04. The van der Waals surface area contributed by atoms with Crippen LogP contribution in [0.25, 0.3) is 0 Å². The van der Waals surface area contributed by atoms with Crippen LogP contribution in [0.2, 0.25) is 0 Å². The number of rotatable bonds is 4. The normalized spacial score (nSPS) is 11.9. The number of hydrogen-bond donors (Lipinski definition) is 1. The van der Waals surface area contributed by atoms with Gasteiger partial charge in [-0.1, -0.05) is 12.1 Å². The summed E-state index contributed by atoms with van der Waals surface area (Å²) >= 11 is 0. The molecule has 0 aliphatic rings. The molecule has 1 heterocycles. The molecule has 0 aliphatic carbocycles. The molecule has 19 heavy (non-hydrogen) atoms. The van der Waals surface area contributed by atoms with Crippen molar-refractivity contribution in [3.8, 4) is 5.75 Å². The number of aryl methyl sites for hydroxylation is 2. The van der Waals surface area contributed by atoms with Crippen molar-refractivity contribution < 1.29 is 9.53 Å². The Labute approximate surface area is 112 Å². The van der Waals surface area contributed by atoms with E-state index in [4.69, 9.17) is 4.74 Å². The monoisotopic (exact) mass is 259 g/mol. The van der Waals surface area contributed by atoms with Crippen LogP contribution in [0.1, 0.15) is 12.5 Å². The third-order valence-electron chi connectivity index (χ3n) is 2.64. The summed E-state index contributed by atoms with van der Waals surface area (Å²) in [6.07, 6.45) is 2.76. The van der Waals surface area contributed by atoms with Crippen molar-refractivity contribution in [1.82, 2.24) is 9.78 Å². The molecule has 0 spiro atoms. The van der Waals surface area contributed by atoms with Crippen LogP contribution in [0.5, 0.6) is 5.75 Å². The maximum Gasteiger partial charge on any atom is 0.265 e. The molecule has 0 bridgehead atoms. The lowest BCUT2D eigenvalue weighted by Crippen LogP contribution is -2.30. The molecule has 1 N–H and O–H groups in total. The lowest BCUT2D eigenvalue weighted by molar-refractivity contribution is -0.122. The minimum absolute atomic E-state index is 0.200. The quantitative estimate of drug-likeness (QED) is 0.915. The number of aromatic nitrogens is 2. The van der Waals surface area contributed by atoms with E-state index in [2.05, 4.69) is 10.4 Å². The number of carbonyl (C=O) groups excluding carboxylic acids is 1. The minimum Gasteiger partial charge on any atom is -0.481 e. The van der Waals surface area contributed by atoms with Crippen LogP contribution in [0, 0.1) is 6.92 Å². The van der Waals surface area contributed by atoms with Crippen LogP contribution >= 0.6 is 0 Å². The summed E-state index contributed by atoms with van der Waals surface area (Å²) in [7, 11) is 1.79. The van der Waals surface area contributed by atoms with Gasteiger partial charge in [0.25, 0.3) is 5.91 Å². The predicted molar refractivity (Wildman–Crippen MR) is 73.1 cm³/mol. The van der Waals surface area contributed by atoms with Gasteiger partial charge in [-0.05, 0) is 31.5 Å². The van der Waals surface area contributed by atoms with Gasteiger partial charge in [-0.25, -0.2) is 0 Å². The zero-order valence-corrected chi connectivity index (χ0v) is 11.3. The molecule has 0 fully saturated rings. The zero-order chi connectivity index (χ0) is 13.8. The standard InChI is InChI=1S/C14H17N3O2/c1-10-5-4-6-13(7-10)19-11(2)14(18)16-12-8-15-17(3)9-12/h4-9,11H,1-3H3,(H,16,18)/t11-/m1/s1. The van der Waals surface area contributed by atoms with Gasteiger partial charge in [0.1, 0.15) is 5.75 Å². The maximum absolute atomic E-state index is 11.9. The van der Waals surface area contributed by atoms with Crippen LogP contribution in [0.15, 0.2) is 36.7 Å². The van der Waals surface area contributed by atoms with Gasteiger partial charge in [-0.15, -0.1) is 0 Å². The van der Waals surface area contributed by atoms with E-state index < -0.39 is 6.10 Å². The van der Waals surface area contributed by atoms with Gasteiger partial charge in [0.05, 0.1) is 11.9 Å². The summed E-state index contributed by atoms with van der Waals surface area (Å²) in [6.45, 7) is 3.70. The first kappa shape index (κ1) is 13.1. The lowest BCUT2D eigenvalue weighted by atomic mass is 10.2. The van der Waals surface area contributed by atoms with E-state index in [-0.39, 0.29) is 5.91 Å². The molecule has 0 saturated carbocycles. The molecule has 5 nitrogen and oxygen atoms in total. The first-order valence-corrected chi connectivity index (χ1v) is 6.07. The summed E-state index contributed by atoms with van der Waals surface area (Å²) in [5.41, 5.74) is 1.75. The molecule has 100 valence electrons. The molecule has 1 aromatic carbocycles. The number of amides is 1. The van der Waals surface area contributed by atoms with Crippen molar-refractivity contribution in [3.05, 3.63) is 42.2 Å². The van der Waals surface area contributed by atoms with E-state index in [9.17, 15) is 4.79 Å². The molecule has 1 amide bonds. The fraction of sp³-hybridized carbons (Fsp3) is 0.286. The van der Waals surface area contributed by atoms with Crippen molar-refractivity contribution in [2.24, 2.45) is 7.05 Å². The van der Waals surface area contributed by atoms with Crippen LogP contribution in [0.4, 0.5) is 5.69 Å². The van der Waals surface area contributed by atoms with E-state index in [1.54, 1.807) is 31.0 Å². The van der Waals surface area contributed by atoms with Gasteiger partial charge in [0, 0.05) is 13.2 Å². The summed E-state index contributed by atoms with van der Waals surface area (Å²) in [5, 5.41) is 6.74. The molecule has 0 aliphatic heterocycles. The Kier molecular flexibility index (Phi) is 3.85. The number of nitrogens with zero attached hydrogens (tertiary/aromatic N) is 2. The van der Waals surface area contributed by atoms with Crippen molar-refractivity contribution in [2.75, 3.05) is 5.32 Å². The van der Waals surface area contributed by atoms with Gasteiger partial charge in [0.2, 0.25) is 0 Å². The summed E-state index contributed by atoms with van der Waals surface area (Å²) < 4.78 is 7.22. The predicted octanol–water partition coefficient (Wildman–Crippen LogP) is 2.13. The molecule has 0 saturated heterocycles. The van der Waals surface area contributed by atoms with E-state index in [0.29, 0.717) is 11.4 Å². The highest BCUT2D eigenvalue weighted by molar-refractivity contribution is 5.93. The Hall–Kier alpha value is -2.30. The van der Waals surface area contributed by atoms with Crippen molar-refractivity contribution >= 4 is 11.6 Å². The molecule has 2 aromatic rings. The Morgan fingerprint density at radius 2 is 2.26 bits per heavy atom. The van der Waals surface area contributed by atoms with Crippen LogP contribution in [-0.4, -0.2) is 21.8 Å². The van der Waals surface area contributed by atoms with Gasteiger partial charge < -0.3 is 10.1 Å². The average Bonchev–Trinajstić information content (AvgIpc) is 2.74. The van der Waals surface area contributed by atoms with Crippen molar-refractivity contribution in [3.63, 3.8) is 0 Å². The Morgan fingerprint density at radius 1 is 1.47 bits per heavy atom. The number of nitrogens with one attached hydrogen (secondary N) is 1. The topological polar surface area (TPSA) is 56.1 Å². The van der Waals surface area contributed by atoms with Crippen molar-refractivity contribution in [1.29, 1.82) is 0 Å². The van der Waals surface area contributed by atoms with E-state index in [1.165, 1.54) is 0 Å². The largest absolute Gasteiger partial charge is 0.481 e. The van der Waals surface area contributed by atoms with E-state index >= 15 is 0 Å². The highest BCUT2D eigenvalue weighted by atomic mass is 16.5. The SMILES string of the molecule is Cc1cccc(O[C@H](C)C(=O)Nc2cnn(C)c2)c1. The van der Waals surface area contributed by atoms with Crippen LogP contribution < -0.4 is 10.1 Å². The van der Waals surface area contributed by atoms with Gasteiger partial charge in [0.15, 0.2) is 6.10 Å². The molecule has 1 atom stereocenters. The second-order valence-electron chi connectivity index (χ2n) is 4.47. The van der Waals surface area contributed by atoms with Gasteiger partial charge in [-0.3, -0.25) is 9.48 Å². The fourth-order valence-electron chi connectivity index (χ4n) is 1.68. The molecular weight excluding hydrogens is 242 g/mol. The highest BCUT2D eigenvalue weighted by Gasteiger charge is 2.15. The number of hydrogen-bond acceptors (Lipinski definition) is 3. The second-order valence-corrected chi connectivity index (χ2v) is 4.47. The molecule has 5 heteroatoms.